The molecule has 116 valence electrons. The van der Waals surface area contributed by atoms with Crippen LogP contribution in [-0.2, 0) is 16.1 Å². The van der Waals surface area contributed by atoms with E-state index in [2.05, 4.69) is 10.6 Å². The quantitative estimate of drug-likeness (QED) is 0.660. The Labute approximate surface area is 127 Å². The lowest BCUT2D eigenvalue weighted by Crippen LogP contribution is -2.65. The Bertz CT molecular complexity index is 687. The summed E-state index contributed by atoms with van der Waals surface area (Å²) in [5, 5.41) is 14.9. The van der Waals surface area contributed by atoms with Crippen LogP contribution in [0.3, 0.4) is 0 Å². The monoisotopic (exact) mass is 303 g/mol. The van der Waals surface area contributed by atoms with E-state index in [1.54, 1.807) is 26.1 Å². The summed E-state index contributed by atoms with van der Waals surface area (Å²) in [7, 11) is 1.76. The molecular weight excluding hydrogens is 286 g/mol. The normalized spacial score (nSPS) is 27.7. The van der Waals surface area contributed by atoms with E-state index in [0.717, 1.165) is 11.3 Å². The average Bonchev–Trinajstić information content (AvgIpc) is 2.83. The zero-order valence-electron chi connectivity index (χ0n) is 12.3. The van der Waals surface area contributed by atoms with Gasteiger partial charge in [0.15, 0.2) is 0 Å². The van der Waals surface area contributed by atoms with Crippen LogP contribution in [0.2, 0.25) is 0 Å². The van der Waals surface area contributed by atoms with E-state index in [1.807, 2.05) is 6.07 Å². The molecular formula is C15H17N3O4. The van der Waals surface area contributed by atoms with Crippen LogP contribution in [0, 0.1) is 0 Å². The number of carbonyl (C=O) groups is 3. The molecule has 2 atom stereocenters. The maximum Gasteiger partial charge on any atom is 0.255 e. The number of anilines is 1. The Kier molecular flexibility index (Phi) is 3.17. The molecule has 2 aliphatic rings. The highest BCUT2D eigenvalue weighted by Gasteiger charge is 2.51. The maximum absolute atomic E-state index is 12.7. The van der Waals surface area contributed by atoms with E-state index in [1.165, 1.54) is 4.90 Å². The molecule has 7 nitrogen and oxygen atoms in total. The Morgan fingerprint density at radius 2 is 2.09 bits per heavy atom. The van der Waals surface area contributed by atoms with Crippen LogP contribution in [0.25, 0.3) is 0 Å². The van der Waals surface area contributed by atoms with Crippen molar-refractivity contribution in [1.29, 1.82) is 0 Å². The third-order valence-electron chi connectivity index (χ3n) is 4.45. The van der Waals surface area contributed by atoms with Crippen LogP contribution in [0.1, 0.15) is 29.3 Å². The molecule has 0 aliphatic carbocycles. The van der Waals surface area contributed by atoms with Crippen molar-refractivity contribution >= 4 is 23.4 Å². The molecule has 2 heterocycles. The van der Waals surface area contributed by atoms with E-state index in [9.17, 15) is 19.5 Å². The van der Waals surface area contributed by atoms with Gasteiger partial charge in [-0.25, -0.2) is 0 Å². The molecule has 0 spiro atoms. The highest BCUT2D eigenvalue weighted by molar-refractivity contribution is 6.08. The van der Waals surface area contributed by atoms with Crippen molar-refractivity contribution in [2.45, 2.75) is 31.5 Å². The molecule has 3 rings (SSSR count). The second-order valence-corrected chi connectivity index (χ2v) is 5.79. The number of aliphatic hydroxyl groups excluding tert-OH is 1. The number of benzene rings is 1. The summed E-state index contributed by atoms with van der Waals surface area (Å²) < 4.78 is 0. The molecule has 1 saturated heterocycles. The number of piperidine rings is 1. The Morgan fingerprint density at radius 1 is 1.36 bits per heavy atom. The fourth-order valence-electron chi connectivity index (χ4n) is 3.09. The SMILES string of the molecule is CNc1cccc2c1CN(C1(C)CC(O)C(=O)NC1=O)C2=O. The summed E-state index contributed by atoms with van der Waals surface area (Å²) in [5.74, 6) is -1.55. The van der Waals surface area contributed by atoms with Crippen molar-refractivity contribution in [2.24, 2.45) is 0 Å². The molecule has 1 fully saturated rings. The van der Waals surface area contributed by atoms with Gasteiger partial charge in [-0.05, 0) is 19.1 Å². The minimum Gasteiger partial charge on any atom is -0.388 e. The van der Waals surface area contributed by atoms with Crippen LogP contribution in [0.15, 0.2) is 18.2 Å². The summed E-state index contributed by atoms with van der Waals surface area (Å²) in [6, 6.07) is 5.34. The van der Waals surface area contributed by atoms with Crippen molar-refractivity contribution in [3.05, 3.63) is 29.3 Å². The van der Waals surface area contributed by atoms with Gasteiger partial charge in [-0.3, -0.25) is 19.7 Å². The van der Waals surface area contributed by atoms with Gasteiger partial charge in [0.05, 0.1) is 0 Å². The lowest BCUT2D eigenvalue weighted by molar-refractivity contribution is -0.149. The topological polar surface area (TPSA) is 98.7 Å². The fraction of sp³-hybridized carbons (Fsp3) is 0.400. The van der Waals surface area contributed by atoms with Crippen LogP contribution >= 0.6 is 0 Å². The second kappa shape index (κ2) is 4.81. The Morgan fingerprint density at radius 3 is 2.77 bits per heavy atom. The molecule has 3 N–H and O–H groups in total. The molecule has 1 aromatic rings. The number of amides is 3. The first-order chi connectivity index (χ1) is 10.4. The van der Waals surface area contributed by atoms with E-state index >= 15 is 0 Å². The summed E-state index contributed by atoms with van der Waals surface area (Å²) in [6.45, 7) is 1.83. The second-order valence-electron chi connectivity index (χ2n) is 5.79. The van der Waals surface area contributed by atoms with Crippen LogP contribution in [0.4, 0.5) is 5.69 Å². The number of rotatable bonds is 2. The summed E-state index contributed by atoms with van der Waals surface area (Å²) >= 11 is 0. The van der Waals surface area contributed by atoms with Crippen molar-refractivity contribution in [3.8, 4) is 0 Å². The number of fused-ring (bicyclic) bond motifs is 1. The smallest absolute Gasteiger partial charge is 0.255 e. The number of nitrogens with one attached hydrogen (secondary N) is 2. The van der Waals surface area contributed by atoms with Gasteiger partial charge in [0.2, 0.25) is 0 Å². The number of hydrogen-bond acceptors (Lipinski definition) is 5. The average molecular weight is 303 g/mol. The van der Waals surface area contributed by atoms with Gasteiger partial charge in [0.25, 0.3) is 17.7 Å². The van der Waals surface area contributed by atoms with E-state index in [4.69, 9.17) is 0 Å². The molecule has 3 amide bonds. The van der Waals surface area contributed by atoms with E-state index < -0.39 is 23.5 Å². The number of carbonyl (C=O) groups excluding carboxylic acids is 3. The Hall–Kier alpha value is -2.41. The molecule has 2 aliphatic heterocycles. The van der Waals surface area contributed by atoms with Gasteiger partial charge in [0.1, 0.15) is 11.6 Å². The van der Waals surface area contributed by atoms with Crippen molar-refractivity contribution in [1.82, 2.24) is 10.2 Å². The van der Waals surface area contributed by atoms with Gasteiger partial charge >= 0.3 is 0 Å². The van der Waals surface area contributed by atoms with Gasteiger partial charge in [-0.2, -0.15) is 0 Å². The molecule has 0 radical (unpaired) electrons. The molecule has 7 heteroatoms. The van der Waals surface area contributed by atoms with E-state index in [-0.39, 0.29) is 18.9 Å². The number of aliphatic hydroxyl groups is 1. The summed E-state index contributed by atoms with van der Waals surface area (Å²) in [6.07, 6.45) is -1.41. The maximum atomic E-state index is 12.7. The highest BCUT2D eigenvalue weighted by Crippen LogP contribution is 2.36. The molecule has 0 aromatic heterocycles. The van der Waals surface area contributed by atoms with Crippen LogP contribution in [-0.4, -0.2) is 46.4 Å². The predicted octanol–water partition coefficient (Wildman–Crippen LogP) is -0.150. The van der Waals surface area contributed by atoms with Gasteiger partial charge in [0, 0.05) is 36.8 Å². The zero-order chi connectivity index (χ0) is 16.1. The Balaban J connectivity index is 1.99. The number of imide groups is 1. The van der Waals surface area contributed by atoms with E-state index in [0.29, 0.717) is 5.56 Å². The fourth-order valence-corrected chi connectivity index (χ4v) is 3.09. The standard InChI is InChI=1S/C15H17N3O4/c1-15(6-11(19)12(20)17-14(15)22)18-7-9-8(13(18)21)4-3-5-10(9)16-2/h3-5,11,16,19H,6-7H2,1-2H3,(H,17,20,22). The third-order valence-corrected chi connectivity index (χ3v) is 4.45. The largest absolute Gasteiger partial charge is 0.388 e. The molecule has 0 saturated carbocycles. The van der Waals surface area contributed by atoms with Gasteiger partial charge < -0.3 is 15.3 Å². The molecule has 1 aromatic carbocycles. The molecule has 0 bridgehead atoms. The van der Waals surface area contributed by atoms with Crippen molar-refractivity contribution in [3.63, 3.8) is 0 Å². The van der Waals surface area contributed by atoms with Gasteiger partial charge in [-0.1, -0.05) is 6.07 Å². The van der Waals surface area contributed by atoms with Crippen molar-refractivity contribution < 1.29 is 19.5 Å². The van der Waals surface area contributed by atoms with Crippen molar-refractivity contribution in [2.75, 3.05) is 12.4 Å². The minimum atomic E-state index is -1.30. The predicted molar refractivity (Wildman–Crippen MR) is 78.0 cm³/mol. The first kappa shape index (κ1) is 14.5. The van der Waals surface area contributed by atoms with Gasteiger partial charge in [-0.15, -0.1) is 0 Å². The first-order valence-corrected chi connectivity index (χ1v) is 7.03. The minimum absolute atomic E-state index is 0.105. The number of hydrogen-bond donors (Lipinski definition) is 3. The molecule has 22 heavy (non-hydrogen) atoms. The zero-order valence-corrected chi connectivity index (χ0v) is 12.3. The number of nitrogens with zero attached hydrogens (tertiary/aromatic N) is 1. The van der Waals surface area contributed by atoms with Crippen LogP contribution in [0.5, 0.6) is 0 Å². The molecule has 2 unspecified atom stereocenters. The first-order valence-electron chi connectivity index (χ1n) is 7.03. The summed E-state index contributed by atoms with van der Waals surface area (Å²) in [4.78, 5) is 37.7. The van der Waals surface area contributed by atoms with Crippen LogP contribution < -0.4 is 10.6 Å². The third kappa shape index (κ3) is 1.89. The highest BCUT2D eigenvalue weighted by atomic mass is 16.3. The lowest BCUT2D eigenvalue weighted by atomic mass is 9.87. The summed E-state index contributed by atoms with van der Waals surface area (Å²) in [5.41, 5.74) is 0.918. The lowest BCUT2D eigenvalue weighted by Gasteiger charge is -2.41.